The number of hydrogen-bond acceptors (Lipinski definition) is 5. The van der Waals surface area contributed by atoms with E-state index in [-0.39, 0.29) is 0 Å². The van der Waals surface area contributed by atoms with Gasteiger partial charge in [-0.3, -0.25) is 9.69 Å². The molecule has 0 bridgehead atoms. The number of nitriles is 1. The normalized spacial score (nSPS) is 15.8. The van der Waals surface area contributed by atoms with Crippen LogP contribution in [-0.2, 0) is 4.79 Å². The monoisotopic (exact) mass is 369 g/mol. The summed E-state index contributed by atoms with van der Waals surface area (Å²) in [6, 6.07) is 12.4. The molecular formula is C20H20FN3O3. The van der Waals surface area contributed by atoms with Crippen LogP contribution in [0.2, 0.25) is 0 Å². The van der Waals surface area contributed by atoms with E-state index in [2.05, 4.69) is 11.0 Å². The zero-order valence-electron chi connectivity index (χ0n) is 14.9. The molecule has 2 aromatic rings. The molecule has 7 heteroatoms. The van der Waals surface area contributed by atoms with E-state index in [0.29, 0.717) is 43.1 Å². The fraction of sp³-hybridized carbons (Fsp3) is 0.300. The molecule has 6 nitrogen and oxygen atoms in total. The maximum atomic E-state index is 13.7. The van der Waals surface area contributed by atoms with Gasteiger partial charge in [0.25, 0.3) is 0 Å². The predicted molar refractivity (Wildman–Crippen MR) is 98.3 cm³/mol. The number of halogens is 1. The minimum atomic E-state index is -1.04. The van der Waals surface area contributed by atoms with Crippen molar-refractivity contribution in [3.05, 3.63) is 59.4 Å². The molecule has 1 fully saturated rings. The number of rotatable bonds is 5. The first-order valence-electron chi connectivity index (χ1n) is 8.59. The maximum Gasteiger partial charge on any atom is 0.325 e. The molecule has 1 heterocycles. The Bertz CT molecular complexity index is 856. The van der Waals surface area contributed by atoms with Gasteiger partial charge in [-0.05, 0) is 42.5 Å². The molecule has 1 N–H and O–H groups in total. The average Bonchev–Trinajstić information content (AvgIpc) is 2.69. The van der Waals surface area contributed by atoms with E-state index < -0.39 is 17.8 Å². The second-order valence-electron chi connectivity index (χ2n) is 6.31. The number of carboxylic acid groups (broad SMARTS) is 1. The number of methoxy groups -OCH3 is 1. The van der Waals surface area contributed by atoms with Gasteiger partial charge in [0, 0.05) is 37.4 Å². The van der Waals surface area contributed by atoms with Crippen LogP contribution in [0.5, 0.6) is 5.75 Å². The molecule has 140 valence electrons. The third-order valence-electron chi connectivity index (χ3n) is 4.76. The quantitative estimate of drug-likeness (QED) is 0.873. The van der Waals surface area contributed by atoms with Crippen molar-refractivity contribution in [1.29, 1.82) is 5.26 Å². The summed E-state index contributed by atoms with van der Waals surface area (Å²) in [5.74, 6) is -1.17. The van der Waals surface area contributed by atoms with E-state index in [1.54, 1.807) is 12.1 Å². The predicted octanol–water partition coefficient (Wildman–Crippen LogP) is 2.65. The van der Waals surface area contributed by atoms with Crippen LogP contribution in [-0.4, -0.2) is 49.3 Å². The lowest BCUT2D eigenvalue weighted by Crippen LogP contribution is -2.49. The number of piperazine rings is 1. The van der Waals surface area contributed by atoms with Gasteiger partial charge in [-0.25, -0.2) is 4.39 Å². The van der Waals surface area contributed by atoms with Crippen LogP contribution in [0.3, 0.4) is 0 Å². The summed E-state index contributed by atoms with van der Waals surface area (Å²) >= 11 is 0. The molecule has 1 atom stereocenters. The SMILES string of the molecule is COc1ccc(F)cc1[C@@H](C(=O)O)N1CCN(c2ccc(C#N)cc2)CC1. The molecule has 2 aromatic carbocycles. The Balaban J connectivity index is 1.77. The zero-order chi connectivity index (χ0) is 19.4. The molecule has 1 saturated heterocycles. The highest BCUT2D eigenvalue weighted by Crippen LogP contribution is 2.31. The van der Waals surface area contributed by atoms with Crippen LogP contribution >= 0.6 is 0 Å². The summed E-state index contributed by atoms with van der Waals surface area (Å²) in [6.07, 6.45) is 0. The lowest BCUT2D eigenvalue weighted by atomic mass is 10.0. The second-order valence-corrected chi connectivity index (χ2v) is 6.31. The molecule has 0 aromatic heterocycles. The van der Waals surface area contributed by atoms with Gasteiger partial charge >= 0.3 is 5.97 Å². The zero-order valence-corrected chi connectivity index (χ0v) is 14.9. The Morgan fingerprint density at radius 2 is 1.85 bits per heavy atom. The summed E-state index contributed by atoms with van der Waals surface area (Å²) in [5, 5.41) is 18.7. The van der Waals surface area contributed by atoms with Crippen molar-refractivity contribution in [2.45, 2.75) is 6.04 Å². The standard InChI is InChI=1S/C20H20FN3O3/c1-27-18-7-4-15(21)12-17(18)19(20(25)26)24-10-8-23(9-11-24)16-5-2-14(13-22)3-6-16/h2-7,12,19H,8-11H2,1H3,(H,25,26)/t19-/m0/s1. The number of carbonyl (C=O) groups is 1. The number of benzene rings is 2. The van der Waals surface area contributed by atoms with Crippen molar-refractivity contribution in [2.75, 3.05) is 38.2 Å². The van der Waals surface area contributed by atoms with E-state index in [9.17, 15) is 14.3 Å². The van der Waals surface area contributed by atoms with Gasteiger partial charge in [-0.2, -0.15) is 5.26 Å². The van der Waals surface area contributed by atoms with Crippen molar-refractivity contribution in [2.24, 2.45) is 0 Å². The van der Waals surface area contributed by atoms with Crippen LogP contribution in [0.1, 0.15) is 17.2 Å². The van der Waals surface area contributed by atoms with E-state index in [4.69, 9.17) is 10.00 Å². The van der Waals surface area contributed by atoms with Gasteiger partial charge < -0.3 is 14.7 Å². The van der Waals surface area contributed by atoms with E-state index in [1.807, 2.05) is 17.0 Å². The van der Waals surface area contributed by atoms with Crippen molar-refractivity contribution in [1.82, 2.24) is 4.90 Å². The lowest BCUT2D eigenvalue weighted by Gasteiger charge is -2.39. The second kappa shape index (κ2) is 8.06. The first-order chi connectivity index (χ1) is 13.0. The van der Waals surface area contributed by atoms with Crippen LogP contribution in [0, 0.1) is 17.1 Å². The molecule has 0 radical (unpaired) electrons. The first kappa shape index (κ1) is 18.7. The largest absolute Gasteiger partial charge is 0.496 e. The minimum Gasteiger partial charge on any atom is -0.496 e. The molecule has 1 aliphatic heterocycles. The van der Waals surface area contributed by atoms with Crippen molar-refractivity contribution >= 4 is 11.7 Å². The van der Waals surface area contributed by atoms with Gasteiger partial charge in [-0.1, -0.05) is 0 Å². The number of anilines is 1. The average molecular weight is 369 g/mol. The highest BCUT2D eigenvalue weighted by molar-refractivity contribution is 5.77. The highest BCUT2D eigenvalue weighted by atomic mass is 19.1. The fourth-order valence-electron chi connectivity index (χ4n) is 3.39. The summed E-state index contributed by atoms with van der Waals surface area (Å²) in [7, 11) is 1.44. The number of carboxylic acids is 1. The first-order valence-corrected chi connectivity index (χ1v) is 8.59. The van der Waals surface area contributed by atoms with E-state index in [0.717, 1.165) is 5.69 Å². The summed E-state index contributed by atoms with van der Waals surface area (Å²) < 4.78 is 19.0. The fourth-order valence-corrected chi connectivity index (χ4v) is 3.39. The smallest absolute Gasteiger partial charge is 0.325 e. The van der Waals surface area contributed by atoms with Gasteiger partial charge in [0.05, 0.1) is 18.7 Å². The van der Waals surface area contributed by atoms with Gasteiger partial charge in [0.15, 0.2) is 0 Å². The van der Waals surface area contributed by atoms with E-state index >= 15 is 0 Å². The molecule has 27 heavy (non-hydrogen) atoms. The maximum absolute atomic E-state index is 13.7. The lowest BCUT2D eigenvalue weighted by molar-refractivity contribution is -0.143. The van der Waals surface area contributed by atoms with Crippen LogP contribution in [0.15, 0.2) is 42.5 Å². The summed E-state index contributed by atoms with van der Waals surface area (Å²) in [6.45, 7) is 2.29. The van der Waals surface area contributed by atoms with Crippen LogP contribution in [0.25, 0.3) is 0 Å². The molecule has 0 unspecified atom stereocenters. The molecule has 0 saturated carbocycles. The third kappa shape index (κ3) is 4.01. The summed E-state index contributed by atoms with van der Waals surface area (Å²) in [4.78, 5) is 15.9. The Morgan fingerprint density at radius 3 is 2.41 bits per heavy atom. The molecular weight excluding hydrogens is 349 g/mol. The minimum absolute atomic E-state index is 0.317. The third-order valence-corrected chi connectivity index (χ3v) is 4.76. The number of hydrogen-bond donors (Lipinski definition) is 1. The van der Waals surface area contributed by atoms with E-state index in [1.165, 1.54) is 25.3 Å². The van der Waals surface area contributed by atoms with Crippen molar-refractivity contribution in [3.63, 3.8) is 0 Å². The Morgan fingerprint density at radius 1 is 1.19 bits per heavy atom. The number of ether oxygens (including phenoxy) is 1. The number of nitrogens with zero attached hydrogens (tertiary/aromatic N) is 3. The Labute approximate surface area is 157 Å². The van der Waals surface area contributed by atoms with Gasteiger partial charge in [0.2, 0.25) is 0 Å². The van der Waals surface area contributed by atoms with Crippen LogP contribution < -0.4 is 9.64 Å². The van der Waals surface area contributed by atoms with Crippen LogP contribution in [0.4, 0.5) is 10.1 Å². The van der Waals surface area contributed by atoms with Gasteiger partial charge in [-0.15, -0.1) is 0 Å². The molecule has 1 aliphatic rings. The Hall–Kier alpha value is -3.11. The molecule has 0 aliphatic carbocycles. The molecule has 3 rings (SSSR count). The summed E-state index contributed by atoms with van der Waals surface area (Å²) in [5.41, 5.74) is 1.90. The topological polar surface area (TPSA) is 76.8 Å². The van der Waals surface area contributed by atoms with Crippen molar-refractivity contribution in [3.8, 4) is 11.8 Å². The van der Waals surface area contributed by atoms with Crippen molar-refractivity contribution < 1.29 is 19.0 Å². The molecule has 0 spiro atoms. The highest BCUT2D eigenvalue weighted by Gasteiger charge is 2.32. The number of aliphatic carboxylic acids is 1. The molecule has 0 amide bonds. The Kier molecular flexibility index (Phi) is 5.57. The van der Waals surface area contributed by atoms with Gasteiger partial charge in [0.1, 0.15) is 17.6 Å².